The molecular formula is C17H17ClO2. The summed E-state index contributed by atoms with van der Waals surface area (Å²) in [5, 5.41) is 9.43. The summed E-state index contributed by atoms with van der Waals surface area (Å²) in [5.74, 6) is -0.964. The third-order valence-corrected chi connectivity index (χ3v) is 3.81. The summed E-state index contributed by atoms with van der Waals surface area (Å²) in [7, 11) is 0. The van der Waals surface area contributed by atoms with Crippen LogP contribution in [0.1, 0.15) is 35.3 Å². The molecule has 0 aliphatic carbocycles. The predicted molar refractivity (Wildman–Crippen MR) is 82.6 cm³/mol. The minimum atomic E-state index is -0.964. The van der Waals surface area contributed by atoms with E-state index < -0.39 is 5.97 Å². The van der Waals surface area contributed by atoms with Crippen molar-refractivity contribution in [3.8, 4) is 11.1 Å². The van der Waals surface area contributed by atoms with Gasteiger partial charge in [0.1, 0.15) is 0 Å². The van der Waals surface area contributed by atoms with Crippen molar-refractivity contribution in [3.05, 3.63) is 58.1 Å². The Labute approximate surface area is 124 Å². The van der Waals surface area contributed by atoms with Crippen LogP contribution >= 0.6 is 11.6 Å². The van der Waals surface area contributed by atoms with E-state index >= 15 is 0 Å². The van der Waals surface area contributed by atoms with Gasteiger partial charge < -0.3 is 5.11 Å². The molecule has 0 aromatic heterocycles. The number of aryl methyl sites for hydroxylation is 2. The molecule has 0 saturated carbocycles. The van der Waals surface area contributed by atoms with Gasteiger partial charge in [-0.3, -0.25) is 0 Å². The van der Waals surface area contributed by atoms with Crippen LogP contribution in [0.5, 0.6) is 0 Å². The van der Waals surface area contributed by atoms with Gasteiger partial charge in [0.15, 0.2) is 0 Å². The minimum Gasteiger partial charge on any atom is -0.478 e. The van der Waals surface area contributed by atoms with Crippen molar-refractivity contribution in [1.29, 1.82) is 0 Å². The number of rotatable bonds is 4. The van der Waals surface area contributed by atoms with Gasteiger partial charge in [-0.2, -0.15) is 0 Å². The van der Waals surface area contributed by atoms with Crippen LogP contribution in [0.3, 0.4) is 0 Å². The average Bonchev–Trinajstić information content (AvgIpc) is 2.46. The molecule has 3 heteroatoms. The van der Waals surface area contributed by atoms with E-state index in [4.69, 9.17) is 16.7 Å². The first-order chi connectivity index (χ1) is 9.56. The van der Waals surface area contributed by atoms with Gasteiger partial charge in [-0.25, -0.2) is 4.79 Å². The first-order valence-electron chi connectivity index (χ1n) is 6.71. The molecule has 0 amide bonds. The van der Waals surface area contributed by atoms with E-state index in [-0.39, 0.29) is 5.56 Å². The molecule has 0 fully saturated rings. The zero-order chi connectivity index (χ0) is 14.7. The van der Waals surface area contributed by atoms with Crippen molar-refractivity contribution in [2.75, 3.05) is 0 Å². The van der Waals surface area contributed by atoms with Gasteiger partial charge in [-0.1, -0.05) is 49.7 Å². The number of hydrogen-bond acceptors (Lipinski definition) is 1. The molecule has 0 spiro atoms. The number of carboxylic acids is 1. The van der Waals surface area contributed by atoms with Gasteiger partial charge in [0.2, 0.25) is 0 Å². The molecule has 0 saturated heterocycles. The van der Waals surface area contributed by atoms with Crippen LogP contribution < -0.4 is 0 Å². The van der Waals surface area contributed by atoms with Gasteiger partial charge >= 0.3 is 5.97 Å². The van der Waals surface area contributed by atoms with E-state index in [1.54, 1.807) is 12.1 Å². The quantitative estimate of drug-likeness (QED) is 0.875. The van der Waals surface area contributed by atoms with Crippen LogP contribution in [0.2, 0.25) is 5.02 Å². The largest absolute Gasteiger partial charge is 0.478 e. The third-order valence-electron chi connectivity index (χ3n) is 3.50. The fraction of sp³-hybridized carbons (Fsp3) is 0.235. The highest BCUT2D eigenvalue weighted by Crippen LogP contribution is 2.30. The highest BCUT2D eigenvalue weighted by Gasteiger charge is 2.10. The zero-order valence-electron chi connectivity index (χ0n) is 11.6. The minimum absolute atomic E-state index is 0.208. The van der Waals surface area contributed by atoms with Gasteiger partial charge in [0, 0.05) is 10.6 Å². The lowest BCUT2D eigenvalue weighted by molar-refractivity contribution is 0.0697. The lowest BCUT2D eigenvalue weighted by Crippen LogP contribution is -1.96. The lowest BCUT2D eigenvalue weighted by Gasteiger charge is -2.11. The predicted octanol–water partition coefficient (Wildman–Crippen LogP) is 4.83. The Morgan fingerprint density at radius 2 is 1.75 bits per heavy atom. The highest BCUT2D eigenvalue weighted by atomic mass is 35.5. The maximum absolute atomic E-state index is 10.9. The van der Waals surface area contributed by atoms with E-state index in [9.17, 15) is 4.79 Å². The van der Waals surface area contributed by atoms with Gasteiger partial charge in [0.25, 0.3) is 0 Å². The van der Waals surface area contributed by atoms with Crippen LogP contribution in [0.4, 0.5) is 0 Å². The molecule has 0 radical (unpaired) electrons. The first-order valence-corrected chi connectivity index (χ1v) is 7.09. The van der Waals surface area contributed by atoms with E-state index in [0.29, 0.717) is 5.02 Å². The maximum atomic E-state index is 10.9. The number of benzene rings is 2. The Bertz CT molecular complexity index is 647. The summed E-state index contributed by atoms with van der Waals surface area (Å²) < 4.78 is 0. The Kier molecular flexibility index (Phi) is 4.46. The van der Waals surface area contributed by atoms with Crippen LogP contribution in [0.15, 0.2) is 36.4 Å². The fourth-order valence-corrected chi connectivity index (χ4v) is 2.64. The first kappa shape index (κ1) is 14.6. The third kappa shape index (κ3) is 2.86. The van der Waals surface area contributed by atoms with E-state index in [0.717, 1.165) is 24.0 Å². The maximum Gasteiger partial charge on any atom is 0.335 e. The molecule has 0 bridgehead atoms. The van der Waals surface area contributed by atoms with Crippen molar-refractivity contribution in [3.63, 3.8) is 0 Å². The molecular weight excluding hydrogens is 272 g/mol. The normalized spacial score (nSPS) is 10.6. The Morgan fingerprint density at radius 1 is 1.05 bits per heavy atom. The summed E-state index contributed by atoms with van der Waals surface area (Å²) in [6.07, 6.45) is 1.98. The SMILES string of the molecule is CCc1ccc(-c2ccc(C(=O)O)cc2Cl)cc1CC. The number of hydrogen-bond donors (Lipinski definition) is 1. The fourth-order valence-electron chi connectivity index (χ4n) is 2.35. The summed E-state index contributed by atoms with van der Waals surface area (Å²) in [6.45, 7) is 4.27. The number of carboxylic acid groups (broad SMARTS) is 1. The van der Waals surface area contributed by atoms with Crippen LogP contribution in [0, 0.1) is 0 Å². The molecule has 1 N–H and O–H groups in total. The van der Waals surface area contributed by atoms with Crippen molar-refractivity contribution in [1.82, 2.24) is 0 Å². The second-order valence-electron chi connectivity index (χ2n) is 4.69. The van der Waals surface area contributed by atoms with E-state index in [1.807, 2.05) is 6.07 Å². The summed E-state index contributed by atoms with van der Waals surface area (Å²) in [4.78, 5) is 10.9. The van der Waals surface area contributed by atoms with Crippen molar-refractivity contribution in [2.24, 2.45) is 0 Å². The molecule has 104 valence electrons. The molecule has 2 rings (SSSR count). The summed E-state index contributed by atoms with van der Waals surface area (Å²) in [5.41, 5.74) is 4.76. The number of halogens is 1. The molecule has 0 aliphatic rings. The standard InChI is InChI=1S/C17H17ClO2/c1-3-11-5-6-13(9-12(11)4-2)15-8-7-14(17(19)20)10-16(15)18/h5-10H,3-4H2,1-2H3,(H,19,20). The van der Waals surface area contributed by atoms with Crippen LogP contribution in [-0.2, 0) is 12.8 Å². The number of aromatic carboxylic acids is 1. The topological polar surface area (TPSA) is 37.3 Å². The second-order valence-corrected chi connectivity index (χ2v) is 5.10. The lowest BCUT2D eigenvalue weighted by atomic mass is 9.96. The van der Waals surface area contributed by atoms with Crippen LogP contribution in [0.25, 0.3) is 11.1 Å². The molecule has 2 aromatic carbocycles. The second kappa shape index (κ2) is 6.10. The number of carbonyl (C=O) groups is 1. The molecule has 0 unspecified atom stereocenters. The van der Waals surface area contributed by atoms with Crippen LogP contribution in [-0.4, -0.2) is 11.1 Å². The summed E-state index contributed by atoms with van der Waals surface area (Å²) >= 11 is 6.21. The van der Waals surface area contributed by atoms with Crippen molar-refractivity contribution < 1.29 is 9.90 Å². The monoisotopic (exact) mass is 288 g/mol. The molecule has 2 nitrogen and oxygen atoms in total. The van der Waals surface area contributed by atoms with Gasteiger partial charge in [-0.05, 0) is 41.7 Å². The molecule has 0 atom stereocenters. The Balaban J connectivity index is 2.49. The molecule has 2 aromatic rings. The zero-order valence-corrected chi connectivity index (χ0v) is 12.4. The van der Waals surface area contributed by atoms with Crippen molar-refractivity contribution >= 4 is 17.6 Å². The smallest absolute Gasteiger partial charge is 0.335 e. The average molecular weight is 289 g/mol. The van der Waals surface area contributed by atoms with Gasteiger partial charge in [0.05, 0.1) is 5.56 Å². The Hall–Kier alpha value is -1.80. The van der Waals surface area contributed by atoms with Gasteiger partial charge in [-0.15, -0.1) is 0 Å². The summed E-state index contributed by atoms with van der Waals surface area (Å²) in [6, 6.07) is 11.2. The van der Waals surface area contributed by atoms with E-state index in [1.165, 1.54) is 17.2 Å². The highest BCUT2D eigenvalue weighted by molar-refractivity contribution is 6.33. The van der Waals surface area contributed by atoms with E-state index in [2.05, 4.69) is 26.0 Å². The molecule has 0 heterocycles. The van der Waals surface area contributed by atoms with Crippen molar-refractivity contribution in [2.45, 2.75) is 26.7 Å². The Morgan fingerprint density at radius 3 is 2.30 bits per heavy atom. The molecule has 0 aliphatic heterocycles. The molecule has 20 heavy (non-hydrogen) atoms.